The summed E-state index contributed by atoms with van der Waals surface area (Å²) in [6.45, 7) is 8.67. The minimum atomic E-state index is -0.634. The second-order valence-corrected chi connectivity index (χ2v) is 12.1. The van der Waals surface area contributed by atoms with Crippen molar-refractivity contribution in [3.05, 3.63) is 131 Å². The first-order chi connectivity index (χ1) is 20.8. The molecule has 43 heavy (non-hydrogen) atoms. The van der Waals surface area contributed by atoms with E-state index in [4.69, 9.17) is 26.1 Å². The van der Waals surface area contributed by atoms with Crippen molar-refractivity contribution in [2.75, 3.05) is 6.61 Å². The van der Waals surface area contributed by atoms with Crippen LogP contribution in [-0.4, -0.2) is 17.1 Å². The van der Waals surface area contributed by atoms with Crippen LogP contribution in [0.3, 0.4) is 0 Å². The van der Waals surface area contributed by atoms with Gasteiger partial charge in [0.05, 0.1) is 28.5 Å². The van der Waals surface area contributed by atoms with Gasteiger partial charge in [0, 0.05) is 10.6 Å². The van der Waals surface area contributed by atoms with Gasteiger partial charge in [0.15, 0.2) is 4.80 Å². The zero-order chi connectivity index (χ0) is 30.5. The molecule has 5 rings (SSSR count). The van der Waals surface area contributed by atoms with Crippen LogP contribution in [0.5, 0.6) is 5.75 Å². The van der Waals surface area contributed by atoms with Gasteiger partial charge in [-0.3, -0.25) is 9.36 Å². The number of aromatic nitrogens is 1. The van der Waals surface area contributed by atoms with E-state index in [-0.39, 0.29) is 12.2 Å². The van der Waals surface area contributed by atoms with Crippen LogP contribution in [0.25, 0.3) is 6.08 Å². The normalized spacial score (nSPS) is 14.9. The van der Waals surface area contributed by atoms with Gasteiger partial charge in [0.25, 0.3) is 5.56 Å². The quantitative estimate of drug-likeness (QED) is 0.182. The number of nitrogens with zero attached hydrogens (tertiary/aromatic N) is 2. The Morgan fingerprint density at radius 1 is 1.07 bits per heavy atom. The van der Waals surface area contributed by atoms with Crippen molar-refractivity contribution >= 4 is 35.0 Å². The van der Waals surface area contributed by atoms with Gasteiger partial charge in [0.1, 0.15) is 12.4 Å². The number of halogens is 1. The number of hydrogen-bond acceptors (Lipinski definition) is 6. The third-order valence-corrected chi connectivity index (χ3v) is 8.67. The Labute approximate surface area is 260 Å². The number of fused-ring (bicyclic) bond motifs is 1. The summed E-state index contributed by atoms with van der Waals surface area (Å²) in [6, 6.07) is 22.7. The number of benzene rings is 3. The molecule has 1 atom stereocenters. The molecule has 6 nitrogen and oxygen atoms in total. The molecule has 0 spiro atoms. The van der Waals surface area contributed by atoms with Crippen LogP contribution in [0.1, 0.15) is 74.8 Å². The van der Waals surface area contributed by atoms with Crippen molar-refractivity contribution in [2.24, 2.45) is 4.99 Å². The molecule has 2 heterocycles. The largest absolute Gasteiger partial charge is 0.489 e. The van der Waals surface area contributed by atoms with E-state index in [1.807, 2.05) is 73.7 Å². The van der Waals surface area contributed by atoms with Crippen molar-refractivity contribution in [1.82, 2.24) is 4.57 Å². The third-order valence-electron chi connectivity index (χ3n) is 7.32. The highest BCUT2D eigenvalue weighted by atomic mass is 35.5. The van der Waals surface area contributed by atoms with Crippen LogP contribution in [0.15, 0.2) is 93.9 Å². The molecule has 0 bridgehead atoms. The van der Waals surface area contributed by atoms with Gasteiger partial charge in [-0.1, -0.05) is 105 Å². The third kappa shape index (κ3) is 6.68. The van der Waals surface area contributed by atoms with E-state index in [9.17, 15) is 9.59 Å². The van der Waals surface area contributed by atoms with E-state index < -0.39 is 12.0 Å². The lowest BCUT2D eigenvalue weighted by Crippen LogP contribution is -2.40. The lowest BCUT2D eigenvalue weighted by molar-refractivity contribution is -0.139. The lowest BCUT2D eigenvalue weighted by Gasteiger charge is -2.26. The fourth-order valence-corrected chi connectivity index (χ4v) is 6.33. The summed E-state index contributed by atoms with van der Waals surface area (Å²) in [5.41, 5.74) is 4.63. The Bertz CT molecular complexity index is 1840. The first-order valence-electron chi connectivity index (χ1n) is 14.6. The molecular weight excluding hydrogens is 580 g/mol. The van der Waals surface area contributed by atoms with Crippen LogP contribution >= 0.6 is 22.9 Å². The average Bonchev–Trinajstić information content (AvgIpc) is 3.30. The highest BCUT2D eigenvalue weighted by Gasteiger charge is 2.34. The smallest absolute Gasteiger partial charge is 0.338 e. The molecule has 0 unspecified atom stereocenters. The molecule has 0 saturated heterocycles. The van der Waals surface area contributed by atoms with Gasteiger partial charge in [0.2, 0.25) is 0 Å². The topological polar surface area (TPSA) is 69.9 Å². The number of carbonyl (C=O) groups excluding carboxylic acids is 1. The van der Waals surface area contributed by atoms with Crippen LogP contribution in [0, 0.1) is 0 Å². The Balaban J connectivity index is 1.59. The number of carbonyl (C=O) groups is 1. The average molecular weight is 615 g/mol. The molecule has 0 radical (unpaired) electrons. The first-order valence-corrected chi connectivity index (χ1v) is 15.8. The van der Waals surface area contributed by atoms with E-state index in [2.05, 4.69) is 26.0 Å². The SMILES string of the molecule is CCCC1=C(C(=O)OCC)[C@@H](c2ccc(C(C)C)cc2)n2c(s/c(=C/c3cccc(OCc4ccccc4Cl)c3)c2=O)=N1. The van der Waals surface area contributed by atoms with Crippen molar-refractivity contribution in [2.45, 2.75) is 59.1 Å². The molecule has 1 aliphatic heterocycles. The van der Waals surface area contributed by atoms with E-state index in [1.54, 1.807) is 11.5 Å². The van der Waals surface area contributed by atoms with E-state index >= 15 is 0 Å². The van der Waals surface area contributed by atoms with Crippen molar-refractivity contribution < 1.29 is 14.3 Å². The molecular formula is C35H35ClN2O4S. The van der Waals surface area contributed by atoms with E-state index in [1.165, 1.54) is 16.9 Å². The maximum Gasteiger partial charge on any atom is 0.338 e. The standard InChI is InChI=1S/C35H35ClN2O4S/c1-5-10-29-31(34(40)41-6-2)32(25-17-15-24(16-18-25)22(3)4)38-33(39)30(43-35(38)37-29)20-23-11-9-13-27(19-23)42-21-26-12-7-8-14-28(26)36/h7-9,11-20,22,32H,5-6,10,21H2,1-4H3/b30-20+/t32-/m1/s1. The minimum Gasteiger partial charge on any atom is -0.489 e. The highest BCUT2D eigenvalue weighted by Crippen LogP contribution is 2.33. The monoisotopic (exact) mass is 614 g/mol. The Kier molecular flexibility index (Phi) is 9.63. The second-order valence-electron chi connectivity index (χ2n) is 10.7. The summed E-state index contributed by atoms with van der Waals surface area (Å²) in [4.78, 5) is 32.9. The van der Waals surface area contributed by atoms with Crippen LogP contribution in [0.2, 0.25) is 5.02 Å². The molecule has 0 amide bonds. The Morgan fingerprint density at radius 2 is 1.84 bits per heavy atom. The van der Waals surface area contributed by atoms with Gasteiger partial charge in [-0.2, -0.15) is 0 Å². The van der Waals surface area contributed by atoms with Gasteiger partial charge >= 0.3 is 5.97 Å². The van der Waals surface area contributed by atoms with Gasteiger partial charge in [-0.15, -0.1) is 0 Å². The summed E-state index contributed by atoms with van der Waals surface area (Å²) in [5.74, 6) is 0.584. The van der Waals surface area contributed by atoms with Gasteiger partial charge in [-0.05, 0) is 60.2 Å². The minimum absolute atomic E-state index is 0.207. The molecule has 1 aromatic heterocycles. The molecule has 4 aromatic rings. The molecule has 0 fully saturated rings. The molecule has 1 aliphatic rings. The second kappa shape index (κ2) is 13.6. The first kappa shape index (κ1) is 30.5. The molecule has 3 aromatic carbocycles. The van der Waals surface area contributed by atoms with Crippen LogP contribution in [0.4, 0.5) is 0 Å². The maximum atomic E-state index is 14.1. The molecule has 0 saturated carbocycles. The summed E-state index contributed by atoms with van der Waals surface area (Å²) in [5, 5.41) is 0.651. The van der Waals surface area contributed by atoms with E-state index in [0.717, 1.165) is 23.1 Å². The molecule has 222 valence electrons. The summed E-state index contributed by atoms with van der Waals surface area (Å²) >= 11 is 7.61. The maximum absolute atomic E-state index is 14.1. The molecule has 8 heteroatoms. The number of rotatable bonds is 10. The van der Waals surface area contributed by atoms with Crippen LogP contribution < -0.4 is 19.6 Å². The van der Waals surface area contributed by atoms with Crippen molar-refractivity contribution in [3.8, 4) is 5.75 Å². The number of esters is 1. The molecule has 0 N–H and O–H groups in total. The zero-order valence-corrected chi connectivity index (χ0v) is 26.4. The highest BCUT2D eigenvalue weighted by molar-refractivity contribution is 7.07. The predicted octanol–water partition coefficient (Wildman–Crippen LogP) is 6.93. The number of allylic oxidation sites excluding steroid dienone is 1. The number of thiazole rings is 1. The summed E-state index contributed by atoms with van der Waals surface area (Å²) < 4.78 is 13.7. The fraction of sp³-hybridized carbons (Fsp3) is 0.286. The predicted molar refractivity (Wildman–Crippen MR) is 172 cm³/mol. The zero-order valence-electron chi connectivity index (χ0n) is 24.8. The number of ether oxygens (including phenoxy) is 2. The molecule has 0 aliphatic carbocycles. The van der Waals surface area contributed by atoms with Crippen molar-refractivity contribution in [3.63, 3.8) is 0 Å². The van der Waals surface area contributed by atoms with Gasteiger partial charge in [-0.25, -0.2) is 9.79 Å². The van der Waals surface area contributed by atoms with Gasteiger partial charge < -0.3 is 9.47 Å². The Morgan fingerprint density at radius 3 is 2.53 bits per heavy atom. The summed E-state index contributed by atoms with van der Waals surface area (Å²) in [6.07, 6.45) is 3.25. The van der Waals surface area contributed by atoms with E-state index in [0.29, 0.717) is 50.3 Å². The Hall–Kier alpha value is -3.94. The number of hydrogen-bond donors (Lipinski definition) is 0. The lowest BCUT2D eigenvalue weighted by atomic mass is 9.92. The fourth-order valence-electron chi connectivity index (χ4n) is 5.12. The van der Waals surface area contributed by atoms with Crippen molar-refractivity contribution in [1.29, 1.82) is 0 Å². The summed E-state index contributed by atoms with van der Waals surface area (Å²) in [7, 11) is 0. The van der Waals surface area contributed by atoms with Crippen LogP contribution in [-0.2, 0) is 16.1 Å².